The first-order chi connectivity index (χ1) is 10.8. The lowest BCUT2D eigenvalue weighted by atomic mass is 10.1. The largest absolute Gasteiger partial charge is 0.394 e. The highest BCUT2D eigenvalue weighted by molar-refractivity contribution is 5.81. The van der Waals surface area contributed by atoms with Crippen molar-refractivity contribution in [2.75, 3.05) is 25.6 Å². The highest BCUT2D eigenvalue weighted by atomic mass is 16.6. The van der Waals surface area contributed by atoms with E-state index in [-0.39, 0.29) is 18.8 Å². The van der Waals surface area contributed by atoms with Crippen LogP contribution in [-0.2, 0) is 14.2 Å². The van der Waals surface area contributed by atoms with E-state index < -0.39 is 12.3 Å². The third-order valence-corrected chi connectivity index (χ3v) is 4.04. The van der Waals surface area contributed by atoms with Gasteiger partial charge < -0.3 is 25.1 Å². The molecule has 0 amide bonds. The summed E-state index contributed by atoms with van der Waals surface area (Å²) >= 11 is 0. The summed E-state index contributed by atoms with van der Waals surface area (Å²) in [6.45, 7) is 1.04. The number of aliphatic hydroxyl groups is 1. The van der Waals surface area contributed by atoms with Gasteiger partial charge in [-0.2, -0.15) is 0 Å². The molecule has 3 N–H and O–H groups in total. The van der Waals surface area contributed by atoms with Crippen molar-refractivity contribution >= 4 is 17.0 Å². The second kappa shape index (κ2) is 5.43. The summed E-state index contributed by atoms with van der Waals surface area (Å²) in [6.07, 6.45) is 2.26. The Labute approximate surface area is 126 Å². The third-order valence-electron chi connectivity index (χ3n) is 4.04. The fraction of sp³-hybridized carbons (Fsp3) is 0.615. The maximum absolute atomic E-state index is 9.54. The molecule has 2 fully saturated rings. The van der Waals surface area contributed by atoms with Crippen LogP contribution in [0, 0.1) is 0 Å². The molecule has 0 aliphatic carbocycles. The normalized spacial score (nSPS) is 32.0. The smallest absolute Gasteiger partial charge is 0.167 e. The molecule has 4 atom stereocenters. The maximum Gasteiger partial charge on any atom is 0.167 e. The van der Waals surface area contributed by atoms with Gasteiger partial charge in [0.15, 0.2) is 17.7 Å². The number of ether oxygens (including phenoxy) is 3. The predicted molar refractivity (Wildman–Crippen MR) is 74.8 cm³/mol. The first kappa shape index (κ1) is 13.8. The number of anilines is 1. The van der Waals surface area contributed by atoms with Crippen molar-refractivity contribution in [3.05, 3.63) is 12.7 Å². The van der Waals surface area contributed by atoms with Crippen LogP contribution in [0.1, 0.15) is 12.6 Å². The molecule has 4 rings (SSSR count). The number of aromatic nitrogens is 4. The number of hydrogen-bond acceptors (Lipinski definition) is 8. The van der Waals surface area contributed by atoms with Crippen LogP contribution in [0.25, 0.3) is 11.2 Å². The molecular weight excluding hydrogens is 290 g/mol. The zero-order valence-electron chi connectivity index (χ0n) is 11.8. The highest BCUT2D eigenvalue weighted by Crippen LogP contribution is 2.36. The number of imidazole rings is 1. The minimum absolute atomic E-state index is 0.134. The molecule has 9 heteroatoms. The lowest BCUT2D eigenvalue weighted by Crippen LogP contribution is -2.36. The molecule has 2 aliphatic rings. The lowest BCUT2D eigenvalue weighted by molar-refractivity contribution is -0.0699. The standard InChI is InChI=1S/C13H17N5O4/c14-11-8-12(16-5-15-11)18(6-17-8)13-10-9(7(4-19)22-13)20-2-1-3-21-10/h5-7,9-10,13,19H,1-4H2,(H2,14,15,16). The molecule has 2 aromatic heterocycles. The Hall–Kier alpha value is -1.81. The van der Waals surface area contributed by atoms with Crippen molar-refractivity contribution in [2.24, 2.45) is 0 Å². The molecule has 22 heavy (non-hydrogen) atoms. The van der Waals surface area contributed by atoms with Crippen molar-refractivity contribution in [3.8, 4) is 0 Å². The number of nitrogens with zero attached hydrogens (tertiary/aromatic N) is 4. The van der Waals surface area contributed by atoms with Gasteiger partial charge in [-0.3, -0.25) is 4.57 Å². The Balaban J connectivity index is 1.75. The van der Waals surface area contributed by atoms with Gasteiger partial charge in [0.25, 0.3) is 0 Å². The minimum Gasteiger partial charge on any atom is -0.394 e. The summed E-state index contributed by atoms with van der Waals surface area (Å²) in [4.78, 5) is 12.4. The molecule has 0 aromatic carbocycles. The van der Waals surface area contributed by atoms with Crippen molar-refractivity contribution in [2.45, 2.75) is 31.0 Å². The first-order valence-electron chi connectivity index (χ1n) is 7.22. The van der Waals surface area contributed by atoms with Crippen LogP contribution in [0.4, 0.5) is 5.82 Å². The van der Waals surface area contributed by atoms with Gasteiger partial charge in [-0.05, 0) is 6.42 Å². The maximum atomic E-state index is 9.54. The molecule has 4 unspecified atom stereocenters. The van der Waals surface area contributed by atoms with Crippen molar-refractivity contribution in [1.29, 1.82) is 0 Å². The number of aliphatic hydroxyl groups excluding tert-OH is 1. The molecule has 4 heterocycles. The van der Waals surface area contributed by atoms with E-state index in [4.69, 9.17) is 19.9 Å². The summed E-state index contributed by atoms with van der Waals surface area (Å²) in [7, 11) is 0. The van der Waals surface area contributed by atoms with Gasteiger partial charge in [0.05, 0.1) is 12.9 Å². The number of nitrogens with two attached hydrogens (primary N) is 1. The zero-order chi connectivity index (χ0) is 15.1. The van der Waals surface area contributed by atoms with Crippen molar-refractivity contribution < 1.29 is 19.3 Å². The monoisotopic (exact) mass is 307 g/mol. The SMILES string of the molecule is Nc1ncnc2c1ncn2C1OC(CO)C2OCCCOC21. The van der Waals surface area contributed by atoms with E-state index in [0.717, 1.165) is 6.42 Å². The first-order valence-corrected chi connectivity index (χ1v) is 7.22. The van der Waals surface area contributed by atoms with Gasteiger partial charge in [0, 0.05) is 13.2 Å². The second-order valence-corrected chi connectivity index (χ2v) is 5.36. The average Bonchev–Trinajstić information content (AvgIpc) is 3.01. The van der Waals surface area contributed by atoms with Gasteiger partial charge in [0.2, 0.25) is 0 Å². The van der Waals surface area contributed by atoms with Crippen LogP contribution < -0.4 is 5.73 Å². The van der Waals surface area contributed by atoms with Gasteiger partial charge in [-0.15, -0.1) is 0 Å². The van der Waals surface area contributed by atoms with Crippen molar-refractivity contribution in [3.63, 3.8) is 0 Å². The average molecular weight is 307 g/mol. The van der Waals surface area contributed by atoms with Crippen LogP contribution in [-0.4, -0.2) is 62.8 Å². The Morgan fingerprint density at radius 2 is 2.05 bits per heavy atom. The van der Waals surface area contributed by atoms with E-state index in [1.54, 1.807) is 10.9 Å². The Kier molecular flexibility index (Phi) is 3.41. The third kappa shape index (κ3) is 2.05. The zero-order valence-corrected chi connectivity index (χ0v) is 11.8. The molecule has 2 saturated heterocycles. The fourth-order valence-corrected chi connectivity index (χ4v) is 3.01. The van der Waals surface area contributed by atoms with Gasteiger partial charge in [0.1, 0.15) is 30.2 Å². The molecule has 118 valence electrons. The van der Waals surface area contributed by atoms with Crippen LogP contribution in [0.3, 0.4) is 0 Å². The summed E-state index contributed by atoms with van der Waals surface area (Å²) in [5, 5.41) is 9.54. The number of fused-ring (bicyclic) bond motifs is 2. The van der Waals surface area contributed by atoms with Gasteiger partial charge >= 0.3 is 0 Å². The molecule has 0 saturated carbocycles. The molecule has 9 nitrogen and oxygen atoms in total. The Morgan fingerprint density at radius 3 is 2.86 bits per heavy atom. The van der Waals surface area contributed by atoms with Crippen LogP contribution >= 0.6 is 0 Å². The van der Waals surface area contributed by atoms with Crippen molar-refractivity contribution in [1.82, 2.24) is 19.5 Å². The summed E-state index contributed by atoms with van der Waals surface area (Å²) in [5.41, 5.74) is 6.90. The van der Waals surface area contributed by atoms with E-state index >= 15 is 0 Å². The minimum atomic E-state index is -0.473. The van der Waals surface area contributed by atoms with Gasteiger partial charge in [-0.25, -0.2) is 15.0 Å². The molecule has 2 aliphatic heterocycles. The summed E-state index contributed by atoms with van der Waals surface area (Å²) in [6, 6.07) is 0. The predicted octanol–water partition coefficient (Wildman–Crippen LogP) is -0.528. The van der Waals surface area contributed by atoms with E-state index in [1.807, 2.05) is 0 Å². The highest BCUT2D eigenvalue weighted by Gasteiger charge is 2.48. The lowest BCUT2D eigenvalue weighted by Gasteiger charge is -2.21. The topological polar surface area (TPSA) is 118 Å². The fourth-order valence-electron chi connectivity index (χ4n) is 3.01. The number of nitrogen functional groups attached to an aromatic ring is 1. The number of rotatable bonds is 2. The quantitative estimate of drug-likeness (QED) is 0.760. The van der Waals surface area contributed by atoms with E-state index in [0.29, 0.717) is 30.2 Å². The Morgan fingerprint density at radius 1 is 1.23 bits per heavy atom. The van der Waals surface area contributed by atoms with Crippen LogP contribution in [0.2, 0.25) is 0 Å². The molecule has 0 spiro atoms. The number of hydrogen-bond donors (Lipinski definition) is 2. The van der Waals surface area contributed by atoms with Crippen LogP contribution in [0.5, 0.6) is 0 Å². The van der Waals surface area contributed by atoms with Gasteiger partial charge in [-0.1, -0.05) is 0 Å². The molecule has 0 bridgehead atoms. The van der Waals surface area contributed by atoms with Crippen LogP contribution in [0.15, 0.2) is 12.7 Å². The van der Waals surface area contributed by atoms with E-state index in [1.165, 1.54) is 6.33 Å². The molecule has 2 aromatic rings. The second-order valence-electron chi connectivity index (χ2n) is 5.36. The summed E-state index contributed by atoms with van der Waals surface area (Å²) in [5.74, 6) is 0.315. The van der Waals surface area contributed by atoms with E-state index in [9.17, 15) is 5.11 Å². The summed E-state index contributed by atoms with van der Waals surface area (Å²) < 4.78 is 19.4. The molecular formula is C13H17N5O4. The van der Waals surface area contributed by atoms with E-state index in [2.05, 4.69) is 15.0 Å². The molecule has 0 radical (unpaired) electrons. The Bertz CT molecular complexity index is 677.